The molecular weight excluding hydrogens is 476 g/mol. The third-order valence-corrected chi connectivity index (χ3v) is 7.26. The SMILES string of the molecule is C=C/C=C\C(=C/CC#N)c1csc(C2(NC)CN(c3ccc(C)cc3)CC2CC(C)=O)c1.CC.CC=N. The lowest BCUT2D eigenvalue weighted by atomic mass is 9.82. The number of likely N-dealkylation sites (N-methyl/N-ethyl adjacent to an activating group) is 1. The molecular formula is C31H42N4OS. The number of carbonyl (C=O) groups is 1. The van der Waals surface area contributed by atoms with Gasteiger partial charge in [-0.15, -0.1) is 11.3 Å². The third-order valence-electron chi connectivity index (χ3n) is 6.15. The van der Waals surface area contributed by atoms with Gasteiger partial charge < -0.3 is 20.4 Å². The van der Waals surface area contributed by atoms with Crippen LogP contribution in [0.25, 0.3) is 5.57 Å². The van der Waals surface area contributed by atoms with E-state index in [1.807, 2.05) is 39.1 Å². The van der Waals surface area contributed by atoms with Crippen molar-refractivity contribution in [2.24, 2.45) is 5.92 Å². The van der Waals surface area contributed by atoms with Gasteiger partial charge in [-0.25, -0.2) is 0 Å². The number of benzene rings is 1. The molecule has 1 saturated heterocycles. The van der Waals surface area contributed by atoms with Crippen molar-refractivity contribution >= 4 is 34.6 Å². The molecule has 2 heterocycles. The quantitative estimate of drug-likeness (QED) is 0.269. The lowest BCUT2D eigenvalue weighted by Gasteiger charge is -2.33. The van der Waals surface area contributed by atoms with Gasteiger partial charge in [0.05, 0.1) is 18.0 Å². The fraction of sp³-hybridized carbons (Fsp3) is 0.387. The van der Waals surface area contributed by atoms with Crippen LogP contribution in [0.1, 0.15) is 56.5 Å². The Morgan fingerprint density at radius 1 is 1.35 bits per heavy atom. The molecule has 2 unspecified atom stereocenters. The molecule has 0 spiro atoms. The molecule has 2 N–H and O–H groups in total. The van der Waals surface area contributed by atoms with Gasteiger partial charge >= 0.3 is 0 Å². The van der Waals surface area contributed by atoms with E-state index < -0.39 is 0 Å². The van der Waals surface area contributed by atoms with Gasteiger partial charge in [0, 0.05) is 36.0 Å². The fourth-order valence-corrected chi connectivity index (χ4v) is 5.67. The summed E-state index contributed by atoms with van der Waals surface area (Å²) in [6, 6.07) is 13.0. The molecule has 2 atom stereocenters. The van der Waals surface area contributed by atoms with Crippen molar-refractivity contribution in [1.82, 2.24) is 5.32 Å². The summed E-state index contributed by atoms with van der Waals surface area (Å²) < 4.78 is 0. The van der Waals surface area contributed by atoms with Crippen LogP contribution >= 0.6 is 11.3 Å². The van der Waals surface area contributed by atoms with Crippen LogP contribution in [0.5, 0.6) is 0 Å². The second-order valence-electron chi connectivity index (χ2n) is 8.65. The maximum Gasteiger partial charge on any atom is 0.130 e. The Labute approximate surface area is 227 Å². The molecule has 0 saturated carbocycles. The molecule has 0 amide bonds. The summed E-state index contributed by atoms with van der Waals surface area (Å²) in [5, 5.41) is 20.9. The Balaban J connectivity index is 0.00000127. The number of thiophene rings is 1. The summed E-state index contributed by atoms with van der Waals surface area (Å²) in [7, 11) is 2.00. The molecule has 6 heteroatoms. The summed E-state index contributed by atoms with van der Waals surface area (Å²) in [5.41, 5.74) is 4.20. The van der Waals surface area contributed by atoms with E-state index in [-0.39, 0.29) is 17.2 Å². The zero-order chi connectivity index (χ0) is 27.8. The van der Waals surface area contributed by atoms with Crippen molar-refractivity contribution < 1.29 is 4.79 Å². The van der Waals surface area contributed by atoms with Crippen molar-refractivity contribution in [2.45, 2.75) is 53.0 Å². The molecule has 0 bridgehead atoms. The van der Waals surface area contributed by atoms with E-state index in [2.05, 4.69) is 65.5 Å². The van der Waals surface area contributed by atoms with Crippen molar-refractivity contribution in [1.29, 1.82) is 10.7 Å². The van der Waals surface area contributed by atoms with Crippen molar-refractivity contribution in [2.75, 3.05) is 25.0 Å². The molecule has 1 aromatic carbocycles. The van der Waals surface area contributed by atoms with E-state index >= 15 is 0 Å². The lowest BCUT2D eigenvalue weighted by Crippen LogP contribution is -2.47. The molecule has 2 aromatic rings. The molecule has 3 rings (SSSR count). The molecule has 0 aliphatic carbocycles. The van der Waals surface area contributed by atoms with Crippen LogP contribution in [0.15, 0.2) is 66.6 Å². The van der Waals surface area contributed by atoms with Crippen LogP contribution in [0.2, 0.25) is 0 Å². The summed E-state index contributed by atoms with van der Waals surface area (Å²) in [5.74, 6) is 0.369. The average molecular weight is 519 g/mol. The first-order chi connectivity index (χ1) is 17.8. The number of nitrogens with zero attached hydrogens (tertiary/aromatic N) is 2. The number of anilines is 1. The highest BCUT2D eigenvalue weighted by atomic mass is 32.1. The van der Waals surface area contributed by atoms with E-state index in [4.69, 9.17) is 10.7 Å². The number of aryl methyl sites for hydroxylation is 1. The topological polar surface area (TPSA) is 80.0 Å². The number of rotatable bonds is 9. The highest BCUT2D eigenvalue weighted by molar-refractivity contribution is 7.10. The molecule has 198 valence electrons. The Morgan fingerprint density at radius 3 is 2.54 bits per heavy atom. The summed E-state index contributed by atoms with van der Waals surface area (Å²) in [6.07, 6.45) is 9.70. The van der Waals surface area contributed by atoms with Crippen LogP contribution in [-0.4, -0.2) is 32.1 Å². The van der Waals surface area contributed by atoms with E-state index in [1.165, 1.54) is 22.3 Å². The highest BCUT2D eigenvalue weighted by Gasteiger charge is 2.48. The summed E-state index contributed by atoms with van der Waals surface area (Å²) >= 11 is 1.71. The second kappa shape index (κ2) is 16.5. The van der Waals surface area contributed by atoms with Crippen molar-refractivity contribution in [3.8, 4) is 6.07 Å². The second-order valence-corrected chi connectivity index (χ2v) is 9.56. The normalized spacial score (nSPS) is 18.8. The minimum atomic E-state index is -0.317. The van der Waals surface area contributed by atoms with E-state index in [0.717, 1.165) is 24.2 Å². The van der Waals surface area contributed by atoms with Gasteiger partial charge in [0.25, 0.3) is 0 Å². The molecule has 5 nitrogen and oxygen atoms in total. The molecule has 1 aliphatic rings. The molecule has 1 aromatic heterocycles. The van der Waals surface area contributed by atoms with Crippen LogP contribution < -0.4 is 10.2 Å². The maximum absolute atomic E-state index is 12.2. The number of carbonyl (C=O) groups excluding carboxylic acids is 1. The van der Waals surface area contributed by atoms with Gasteiger partial charge in [0.15, 0.2) is 0 Å². The third kappa shape index (κ3) is 8.66. The zero-order valence-electron chi connectivity index (χ0n) is 23.2. The number of allylic oxidation sites excluding steroid dienone is 5. The Bertz CT molecular complexity index is 1110. The van der Waals surface area contributed by atoms with Gasteiger partial charge in [0.1, 0.15) is 5.78 Å². The largest absolute Gasteiger partial charge is 0.369 e. The van der Waals surface area contributed by atoms with Gasteiger partial charge in [-0.3, -0.25) is 0 Å². The number of hydrogen-bond donors (Lipinski definition) is 2. The number of nitrogens with one attached hydrogen (secondary N) is 2. The highest BCUT2D eigenvalue weighted by Crippen LogP contribution is 2.44. The summed E-state index contributed by atoms with van der Waals surface area (Å²) in [6.45, 7) is 14.8. The number of Topliss-reactive ketones (excluding diaryl/α,β-unsaturated/α-hetero) is 1. The van der Waals surface area contributed by atoms with Gasteiger partial charge in [-0.1, -0.05) is 62.4 Å². The van der Waals surface area contributed by atoms with Crippen molar-refractivity contribution in [3.63, 3.8) is 0 Å². The minimum Gasteiger partial charge on any atom is -0.369 e. The van der Waals surface area contributed by atoms with Crippen LogP contribution in [-0.2, 0) is 10.3 Å². The standard InChI is InChI=1S/C27H31N3OS.C2H5N.C2H6/c1-5-6-8-22(9-7-14-28)23-16-26(32-18-23)27(29-4)19-30(17-24(27)15-21(3)31)25-12-10-20(2)11-13-25;1-2-3;1-2/h5-6,8-13,16,18,24,29H,1,7,15,17,19H2,2-4H3;2-3H,1H3;1-2H3/b8-6-,22-9+;;. The minimum absolute atomic E-state index is 0.160. The predicted molar refractivity (Wildman–Crippen MR) is 161 cm³/mol. The van der Waals surface area contributed by atoms with Crippen LogP contribution in [0.4, 0.5) is 5.69 Å². The van der Waals surface area contributed by atoms with Crippen LogP contribution in [0.3, 0.4) is 0 Å². The zero-order valence-corrected chi connectivity index (χ0v) is 24.0. The van der Waals surface area contributed by atoms with Crippen LogP contribution in [0, 0.1) is 29.6 Å². The van der Waals surface area contributed by atoms with E-state index in [1.54, 1.807) is 31.3 Å². The lowest BCUT2D eigenvalue weighted by molar-refractivity contribution is -0.118. The predicted octanol–water partition coefficient (Wildman–Crippen LogP) is 7.31. The number of ketones is 1. The van der Waals surface area contributed by atoms with Gasteiger partial charge in [0.2, 0.25) is 0 Å². The summed E-state index contributed by atoms with van der Waals surface area (Å²) in [4.78, 5) is 15.8. The molecule has 37 heavy (non-hydrogen) atoms. The molecule has 1 aliphatic heterocycles. The number of hydrogen-bond acceptors (Lipinski definition) is 6. The van der Waals surface area contributed by atoms with Gasteiger partial charge in [-0.2, -0.15) is 5.26 Å². The Morgan fingerprint density at radius 2 is 2.00 bits per heavy atom. The molecule has 0 radical (unpaired) electrons. The first kappa shape index (κ1) is 31.8. The monoisotopic (exact) mass is 518 g/mol. The molecule has 1 fully saturated rings. The van der Waals surface area contributed by atoms with Gasteiger partial charge in [-0.05, 0) is 68.7 Å². The first-order valence-electron chi connectivity index (χ1n) is 12.8. The average Bonchev–Trinajstić information content (AvgIpc) is 3.52. The Hall–Kier alpha value is -3.27. The Kier molecular flexibility index (Phi) is 14.1. The maximum atomic E-state index is 12.2. The first-order valence-corrected chi connectivity index (χ1v) is 13.6. The van der Waals surface area contributed by atoms with Crippen molar-refractivity contribution in [3.05, 3.63) is 82.6 Å². The fourth-order valence-electron chi connectivity index (χ4n) is 4.47. The van der Waals surface area contributed by atoms with E-state index in [9.17, 15) is 4.79 Å². The number of nitriles is 1. The smallest absolute Gasteiger partial charge is 0.130 e. The van der Waals surface area contributed by atoms with E-state index in [0.29, 0.717) is 12.8 Å².